The van der Waals surface area contributed by atoms with Crippen molar-refractivity contribution in [1.29, 1.82) is 0 Å². The topological polar surface area (TPSA) is 164 Å². The zero-order chi connectivity index (χ0) is 30.2. The minimum Gasteiger partial charge on any atom is -0.372 e. The summed E-state index contributed by atoms with van der Waals surface area (Å²) in [6, 6.07) is 7.48. The molecule has 0 saturated carbocycles. The molecule has 0 radical (unpaired) electrons. The van der Waals surface area contributed by atoms with Crippen LogP contribution in [0.1, 0.15) is 36.1 Å². The minimum atomic E-state index is -0.964. The van der Waals surface area contributed by atoms with Crippen molar-refractivity contribution in [2.75, 3.05) is 5.32 Å². The highest BCUT2D eigenvalue weighted by Crippen LogP contribution is 2.39. The lowest BCUT2D eigenvalue weighted by Crippen LogP contribution is -2.40. The van der Waals surface area contributed by atoms with Crippen molar-refractivity contribution < 1.29 is 0 Å². The molecule has 0 fully saturated rings. The van der Waals surface area contributed by atoms with Crippen molar-refractivity contribution in [1.82, 2.24) is 38.2 Å². The molecule has 1 atom stereocenters. The van der Waals surface area contributed by atoms with Gasteiger partial charge in [0.2, 0.25) is 0 Å². The molecule has 1 aliphatic heterocycles. The lowest BCUT2D eigenvalue weighted by atomic mass is 9.88. The van der Waals surface area contributed by atoms with Crippen LogP contribution in [0.2, 0.25) is 0 Å². The van der Waals surface area contributed by atoms with Gasteiger partial charge >= 0.3 is 11.4 Å². The molecule has 1 aromatic carbocycles. The lowest BCUT2D eigenvalue weighted by Gasteiger charge is -2.31. The van der Waals surface area contributed by atoms with Gasteiger partial charge in [0.1, 0.15) is 5.69 Å². The van der Waals surface area contributed by atoms with Gasteiger partial charge in [-0.15, -0.1) is 0 Å². The molecule has 0 saturated heterocycles. The van der Waals surface area contributed by atoms with Crippen molar-refractivity contribution in [2.24, 2.45) is 33.2 Å². The highest BCUT2D eigenvalue weighted by Gasteiger charge is 2.37. The van der Waals surface area contributed by atoms with Crippen molar-refractivity contribution in [3.05, 3.63) is 88.7 Å². The summed E-state index contributed by atoms with van der Waals surface area (Å²) in [7, 11) is 5.89. The summed E-state index contributed by atoms with van der Waals surface area (Å²) in [6.45, 7) is 5.45. The molecule has 6 rings (SSSR count). The normalized spacial score (nSPS) is 16.7. The zero-order valence-electron chi connectivity index (χ0n) is 24.2. The van der Waals surface area contributed by atoms with Crippen LogP contribution in [-0.2, 0) is 33.7 Å². The first-order valence-corrected chi connectivity index (χ1v) is 13.2. The van der Waals surface area contributed by atoms with E-state index in [1.54, 1.807) is 27.9 Å². The first-order chi connectivity index (χ1) is 19.8. The van der Waals surface area contributed by atoms with Crippen LogP contribution in [0.25, 0.3) is 22.3 Å². The van der Waals surface area contributed by atoms with E-state index in [1.807, 2.05) is 31.2 Å². The van der Waals surface area contributed by atoms with Gasteiger partial charge in [-0.3, -0.25) is 27.9 Å². The van der Waals surface area contributed by atoms with Gasteiger partial charge in [0.05, 0.1) is 39.7 Å². The minimum absolute atomic E-state index is 0.0428. The standard InChI is InChI=1S/C28H28N10O4/c1-13-18(32-19-22(29-13)35(4)26(41)37(6)24(19)39)17-12-28(3,34-16-11-9-8-10-15(16)31-17)21-14(2)30-23-20(33-21)25(40)38(7)27(42)36(23)5/h8-11,34H,12H2,1-7H3. The Kier molecular flexibility index (Phi) is 5.85. The smallest absolute Gasteiger partial charge is 0.332 e. The number of anilines is 1. The number of benzene rings is 1. The van der Waals surface area contributed by atoms with Crippen LogP contribution in [-0.4, -0.2) is 43.9 Å². The van der Waals surface area contributed by atoms with Crippen LogP contribution >= 0.6 is 0 Å². The Morgan fingerprint density at radius 1 is 0.738 bits per heavy atom. The summed E-state index contributed by atoms with van der Waals surface area (Å²) in [5.74, 6) is 0. The molecule has 1 unspecified atom stereocenters. The molecule has 1 aliphatic rings. The predicted molar refractivity (Wildman–Crippen MR) is 158 cm³/mol. The quantitative estimate of drug-likeness (QED) is 0.325. The van der Waals surface area contributed by atoms with E-state index in [4.69, 9.17) is 15.0 Å². The maximum absolute atomic E-state index is 13.1. The molecule has 1 N–H and O–H groups in total. The molecule has 5 aromatic rings. The summed E-state index contributed by atoms with van der Waals surface area (Å²) < 4.78 is 4.59. The van der Waals surface area contributed by atoms with E-state index >= 15 is 0 Å². The van der Waals surface area contributed by atoms with Crippen LogP contribution in [0, 0.1) is 13.8 Å². The van der Waals surface area contributed by atoms with Gasteiger partial charge in [0.15, 0.2) is 22.3 Å². The van der Waals surface area contributed by atoms with Crippen molar-refractivity contribution in [3.8, 4) is 0 Å². The lowest BCUT2D eigenvalue weighted by molar-refractivity contribution is 0.544. The van der Waals surface area contributed by atoms with Crippen molar-refractivity contribution in [3.63, 3.8) is 0 Å². The van der Waals surface area contributed by atoms with Crippen LogP contribution < -0.4 is 27.8 Å². The van der Waals surface area contributed by atoms with Gasteiger partial charge in [0.25, 0.3) is 11.1 Å². The molecule has 4 aromatic heterocycles. The third-order valence-corrected chi connectivity index (χ3v) is 7.79. The highest BCUT2D eigenvalue weighted by atomic mass is 16.2. The van der Waals surface area contributed by atoms with Gasteiger partial charge in [-0.05, 0) is 32.9 Å². The van der Waals surface area contributed by atoms with Gasteiger partial charge in [-0.1, -0.05) is 12.1 Å². The summed E-state index contributed by atoms with van der Waals surface area (Å²) in [5, 5.41) is 3.56. The second kappa shape index (κ2) is 9.12. The van der Waals surface area contributed by atoms with Crippen LogP contribution in [0.5, 0.6) is 0 Å². The van der Waals surface area contributed by atoms with Gasteiger partial charge in [-0.25, -0.2) is 34.5 Å². The monoisotopic (exact) mass is 568 g/mol. The molecule has 0 aliphatic carbocycles. The third kappa shape index (κ3) is 3.82. The van der Waals surface area contributed by atoms with Crippen LogP contribution in [0.4, 0.5) is 11.4 Å². The molecule has 214 valence electrons. The highest BCUT2D eigenvalue weighted by molar-refractivity contribution is 6.04. The fourth-order valence-corrected chi connectivity index (χ4v) is 5.51. The Morgan fingerprint density at radius 2 is 1.29 bits per heavy atom. The average Bonchev–Trinajstić information content (AvgIpc) is 3.12. The van der Waals surface area contributed by atoms with Gasteiger partial charge in [0, 0.05) is 34.6 Å². The van der Waals surface area contributed by atoms with Crippen molar-refractivity contribution >= 4 is 39.4 Å². The number of nitrogens with one attached hydrogen (secondary N) is 1. The Labute approximate surface area is 237 Å². The van der Waals surface area contributed by atoms with E-state index in [2.05, 4.69) is 15.3 Å². The molecule has 14 heteroatoms. The molecular weight excluding hydrogens is 540 g/mol. The predicted octanol–water partition coefficient (Wildman–Crippen LogP) is 0.836. The molecule has 0 spiro atoms. The number of rotatable bonds is 2. The fourth-order valence-electron chi connectivity index (χ4n) is 5.51. The molecule has 0 bridgehead atoms. The maximum atomic E-state index is 13.1. The Morgan fingerprint density at radius 3 is 1.90 bits per heavy atom. The number of para-hydroxylation sites is 2. The number of nitrogens with zero attached hydrogens (tertiary/aromatic N) is 9. The maximum Gasteiger partial charge on any atom is 0.332 e. The summed E-state index contributed by atoms with van der Waals surface area (Å²) in [6.07, 6.45) is 0.224. The molecule has 14 nitrogen and oxygen atoms in total. The van der Waals surface area contributed by atoms with E-state index in [-0.39, 0.29) is 28.7 Å². The van der Waals surface area contributed by atoms with E-state index in [0.29, 0.717) is 34.2 Å². The molecule has 0 amide bonds. The second-order valence-corrected chi connectivity index (χ2v) is 10.8. The van der Waals surface area contributed by atoms with E-state index in [0.717, 1.165) is 14.8 Å². The van der Waals surface area contributed by atoms with Gasteiger partial charge < -0.3 is 5.32 Å². The molecule has 42 heavy (non-hydrogen) atoms. The Hall–Kier alpha value is -5.27. The Bertz CT molecular complexity index is 2270. The second-order valence-electron chi connectivity index (χ2n) is 10.8. The first-order valence-electron chi connectivity index (χ1n) is 13.2. The van der Waals surface area contributed by atoms with Gasteiger partial charge in [-0.2, -0.15) is 0 Å². The number of fused-ring (bicyclic) bond motifs is 3. The largest absolute Gasteiger partial charge is 0.372 e. The summed E-state index contributed by atoms with van der Waals surface area (Å²) in [4.78, 5) is 74.9. The van der Waals surface area contributed by atoms with Crippen molar-refractivity contribution in [2.45, 2.75) is 32.7 Å². The van der Waals surface area contributed by atoms with E-state index < -0.39 is 28.0 Å². The average molecular weight is 569 g/mol. The number of aromatic nitrogens is 8. The number of hydrogen-bond donors (Lipinski definition) is 1. The van der Waals surface area contributed by atoms with E-state index in [1.165, 1.54) is 23.2 Å². The van der Waals surface area contributed by atoms with E-state index in [9.17, 15) is 19.2 Å². The molecule has 5 heterocycles. The molecular formula is C28H28N10O4. The number of hydrogen-bond acceptors (Lipinski definition) is 10. The van der Waals surface area contributed by atoms with Crippen LogP contribution in [0.3, 0.4) is 0 Å². The Balaban J connectivity index is 1.62. The first kappa shape index (κ1) is 26.9. The number of aryl methyl sites for hydroxylation is 4. The number of aliphatic imine (C=N–C) groups is 1. The summed E-state index contributed by atoms with van der Waals surface area (Å²) in [5.41, 5.74) is 1.16. The fraction of sp³-hybridized carbons (Fsp3) is 0.321. The van der Waals surface area contributed by atoms with Crippen LogP contribution in [0.15, 0.2) is 48.4 Å². The summed E-state index contributed by atoms with van der Waals surface area (Å²) >= 11 is 0. The SMILES string of the molecule is Cc1nc2c(nc1C1=Nc3ccccc3NC(C)(c3nc4c(=O)n(C)c(=O)n(C)c4nc3C)C1)c(=O)n(C)c(=O)n2C. The zero-order valence-corrected chi connectivity index (χ0v) is 24.2. The third-order valence-electron chi connectivity index (χ3n) is 7.79.